The van der Waals surface area contributed by atoms with E-state index in [0.29, 0.717) is 5.56 Å². The fourth-order valence-electron chi connectivity index (χ4n) is 2.35. The van der Waals surface area contributed by atoms with Gasteiger partial charge in [0.1, 0.15) is 5.70 Å². The molecule has 1 aliphatic heterocycles. The molecule has 0 saturated carbocycles. The van der Waals surface area contributed by atoms with E-state index in [-0.39, 0.29) is 52.4 Å². The maximum atomic E-state index is 12.3. The molecule has 1 aromatic carbocycles. The van der Waals surface area contributed by atoms with E-state index in [1.54, 1.807) is 0 Å². The Labute approximate surface area is 167 Å². The standard InChI is InChI=1S/C18H21Cl2N3O4/c1-18(2,3)21-9-14(25)10-6-11(19)16(12(20)7-10)22-13-8-15(26)23(4-5-24)17(13)27/h6-8,21-22,24H,4-5,9H2,1-3H3. The second-order valence-corrected chi connectivity index (χ2v) is 7.86. The average Bonchev–Trinajstić information content (AvgIpc) is 2.83. The lowest BCUT2D eigenvalue weighted by Crippen LogP contribution is -2.39. The number of aliphatic hydroxyl groups is 1. The van der Waals surface area contributed by atoms with Crippen LogP contribution in [-0.4, -0.2) is 52.8 Å². The highest BCUT2D eigenvalue weighted by molar-refractivity contribution is 6.40. The van der Waals surface area contributed by atoms with Gasteiger partial charge in [-0.2, -0.15) is 0 Å². The van der Waals surface area contributed by atoms with Gasteiger partial charge in [0.15, 0.2) is 5.78 Å². The van der Waals surface area contributed by atoms with Crippen LogP contribution in [0.4, 0.5) is 5.69 Å². The lowest BCUT2D eigenvalue weighted by Gasteiger charge is -2.20. The Kier molecular flexibility index (Phi) is 6.64. The van der Waals surface area contributed by atoms with Gasteiger partial charge in [0.2, 0.25) is 0 Å². The third kappa shape index (κ3) is 5.29. The predicted octanol–water partition coefficient (Wildman–Crippen LogP) is 2.22. The maximum Gasteiger partial charge on any atom is 0.277 e. The van der Waals surface area contributed by atoms with Crippen molar-refractivity contribution in [3.8, 4) is 0 Å². The van der Waals surface area contributed by atoms with Crippen LogP contribution in [0.2, 0.25) is 10.0 Å². The number of ketones is 1. The zero-order valence-corrected chi connectivity index (χ0v) is 16.7. The van der Waals surface area contributed by atoms with Crippen molar-refractivity contribution in [1.29, 1.82) is 0 Å². The van der Waals surface area contributed by atoms with Gasteiger partial charge in [-0.05, 0) is 32.9 Å². The van der Waals surface area contributed by atoms with E-state index in [9.17, 15) is 14.4 Å². The van der Waals surface area contributed by atoms with Crippen molar-refractivity contribution >= 4 is 46.5 Å². The third-order valence-electron chi connectivity index (χ3n) is 3.74. The van der Waals surface area contributed by atoms with Crippen molar-refractivity contribution < 1.29 is 19.5 Å². The number of carbonyl (C=O) groups is 3. The topological polar surface area (TPSA) is 98.7 Å². The highest BCUT2D eigenvalue weighted by Crippen LogP contribution is 2.34. The Morgan fingerprint density at radius 3 is 2.30 bits per heavy atom. The van der Waals surface area contributed by atoms with Gasteiger partial charge in [-0.3, -0.25) is 19.3 Å². The maximum absolute atomic E-state index is 12.3. The van der Waals surface area contributed by atoms with Crippen molar-refractivity contribution in [3.05, 3.63) is 39.5 Å². The summed E-state index contributed by atoms with van der Waals surface area (Å²) in [7, 11) is 0. The van der Waals surface area contributed by atoms with E-state index in [4.69, 9.17) is 28.3 Å². The van der Waals surface area contributed by atoms with Crippen LogP contribution in [0.1, 0.15) is 31.1 Å². The second kappa shape index (κ2) is 8.39. The Morgan fingerprint density at radius 1 is 1.19 bits per heavy atom. The van der Waals surface area contributed by atoms with Crippen LogP contribution >= 0.6 is 23.2 Å². The Hall–Kier alpha value is -1.93. The molecule has 1 aromatic rings. The number of anilines is 1. The number of nitrogens with one attached hydrogen (secondary N) is 2. The molecule has 0 unspecified atom stereocenters. The molecule has 9 heteroatoms. The number of Topliss-reactive ketones (excluding diaryl/α,β-unsaturated/α-hetero) is 1. The molecule has 0 aromatic heterocycles. The molecule has 0 fully saturated rings. The molecule has 0 atom stereocenters. The van der Waals surface area contributed by atoms with Gasteiger partial charge in [0.05, 0.1) is 35.4 Å². The van der Waals surface area contributed by atoms with Crippen molar-refractivity contribution in [2.45, 2.75) is 26.3 Å². The highest BCUT2D eigenvalue weighted by atomic mass is 35.5. The van der Waals surface area contributed by atoms with Crippen LogP contribution in [0.3, 0.4) is 0 Å². The number of hydrogen-bond acceptors (Lipinski definition) is 6. The number of imide groups is 1. The summed E-state index contributed by atoms with van der Waals surface area (Å²) in [5.74, 6) is -1.31. The van der Waals surface area contributed by atoms with Crippen LogP contribution in [-0.2, 0) is 9.59 Å². The van der Waals surface area contributed by atoms with Crippen LogP contribution in [0.25, 0.3) is 0 Å². The summed E-state index contributed by atoms with van der Waals surface area (Å²) in [6.07, 6.45) is 1.11. The lowest BCUT2D eigenvalue weighted by molar-refractivity contribution is -0.137. The van der Waals surface area contributed by atoms with Crippen molar-refractivity contribution in [2.75, 3.05) is 25.0 Å². The average molecular weight is 414 g/mol. The first-order valence-electron chi connectivity index (χ1n) is 8.26. The zero-order valence-electron chi connectivity index (χ0n) is 15.2. The molecule has 0 bridgehead atoms. The van der Waals surface area contributed by atoms with Crippen LogP contribution in [0, 0.1) is 0 Å². The number of nitrogens with zero attached hydrogens (tertiary/aromatic N) is 1. The minimum atomic E-state index is -0.587. The Balaban J connectivity index is 2.18. The summed E-state index contributed by atoms with van der Waals surface area (Å²) < 4.78 is 0. The van der Waals surface area contributed by atoms with Gasteiger partial charge in [0.25, 0.3) is 11.8 Å². The number of hydrogen-bond donors (Lipinski definition) is 3. The van der Waals surface area contributed by atoms with Crippen LogP contribution < -0.4 is 10.6 Å². The molecule has 0 saturated heterocycles. The largest absolute Gasteiger partial charge is 0.395 e. The Bertz CT molecular complexity index is 792. The van der Waals surface area contributed by atoms with Gasteiger partial charge < -0.3 is 15.7 Å². The number of benzene rings is 1. The smallest absolute Gasteiger partial charge is 0.277 e. The van der Waals surface area contributed by atoms with Crippen LogP contribution in [0.15, 0.2) is 23.9 Å². The summed E-state index contributed by atoms with van der Waals surface area (Å²) >= 11 is 12.5. The van der Waals surface area contributed by atoms with E-state index in [1.165, 1.54) is 12.1 Å². The van der Waals surface area contributed by atoms with Gasteiger partial charge >= 0.3 is 0 Å². The normalized spacial score (nSPS) is 14.6. The van der Waals surface area contributed by atoms with E-state index >= 15 is 0 Å². The summed E-state index contributed by atoms with van der Waals surface area (Å²) in [5.41, 5.74) is 0.326. The van der Waals surface area contributed by atoms with E-state index < -0.39 is 11.8 Å². The zero-order chi connectivity index (χ0) is 20.4. The molecule has 27 heavy (non-hydrogen) atoms. The van der Waals surface area contributed by atoms with Crippen molar-refractivity contribution in [3.63, 3.8) is 0 Å². The fourth-order valence-corrected chi connectivity index (χ4v) is 2.93. The van der Waals surface area contributed by atoms with Crippen LogP contribution in [0.5, 0.6) is 0 Å². The molecule has 2 rings (SSSR count). The summed E-state index contributed by atoms with van der Waals surface area (Å²) in [6, 6.07) is 2.91. The monoisotopic (exact) mass is 413 g/mol. The van der Waals surface area contributed by atoms with E-state index in [1.807, 2.05) is 20.8 Å². The van der Waals surface area contributed by atoms with Crippen molar-refractivity contribution in [2.24, 2.45) is 0 Å². The predicted molar refractivity (Wildman–Crippen MR) is 104 cm³/mol. The summed E-state index contributed by atoms with van der Waals surface area (Å²) in [4.78, 5) is 37.2. The molecule has 146 valence electrons. The number of carbonyl (C=O) groups excluding carboxylic acids is 3. The minimum absolute atomic E-state index is 0.00859. The molecular formula is C18H21Cl2N3O4. The molecule has 1 heterocycles. The molecular weight excluding hydrogens is 393 g/mol. The van der Waals surface area contributed by atoms with Crippen molar-refractivity contribution in [1.82, 2.24) is 10.2 Å². The SMILES string of the molecule is CC(C)(C)NCC(=O)c1cc(Cl)c(NC2=CC(=O)N(CCO)C2=O)c(Cl)c1. The van der Waals surface area contributed by atoms with Gasteiger partial charge in [0, 0.05) is 17.2 Å². The first-order valence-corrected chi connectivity index (χ1v) is 9.02. The lowest BCUT2D eigenvalue weighted by atomic mass is 10.1. The molecule has 3 N–H and O–H groups in total. The molecule has 0 aliphatic carbocycles. The summed E-state index contributed by atoms with van der Waals surface area (Å²) in [5, 5.41) is 15.1. The second-order valence-electron chi connectivity index (χ2n) is 7.04. The molecule has 2 amide bonds. The summed E-state index contributed by atoms with van der Waals surface area (Å²) in [6.45, 7) is 5.52. The quantitative estimate of drug-likeness (QED) is 0.468. The fraction of sp³-hybridized carbons (Fsp3) is 0.389. The number of amides is 2. The molecule has 1 aliphatic rings. The number of aliphatic hydroxyl groups excluding tert-OH is 1. The number of halogens is 2. The van der Waals surface area contributed by atoms with Gasteiger partial charge in [-0.25, -0.2) is 0 Å². The van der Waals surface area contributed by atoms with E-state index in [0.717, 1.165) is 11.0 Å². The van der Waals surface area contributed by atoms with Gasteiger partial charge in [-0.15, -0.1) is 0 Å². The minimum Gasteiger partial charge on any atom is -0.395 e. The first kappa shape index (κ1) is 21.4. The first-order chi connectivity index (χ1) is 12.5. The van der Waals surface area contributed by atoms with Gasteiger partial charge in [-0.1, -0.05) is 23.2 Å². The molecule has 0 spiro atoms. The Morgan fingerprint density at radius 2 is 1.78 bits per heavy atom. The van der Waals surface area contributed by atoms with E-state index in [2.05, 4.69) is 10.6 Å². The third-order valence-corrected chi connectivity index (χ3v) is 4.33. The highest BCUT2D eigenvalue weighted by Gasteiger charge is 2.31. The number of β-amino-alcohol motifs (C(OH)–C–C–N with tert-alkyl or cyclic N) is 1. The molecule has 7 nitrogen and oxygen atoms in total. The molecule has 0 radical (unpaired) electrons. The number of rotatable bonds is 7.